The van der Waals surface area contributed by atoms with Crippen LogP contribution in [0.5, 0.6) is 0 Å². The van der Waals surface area contributed by atoms with Crippen LogP contribution in [-0.4, -0.2) is 188 Å². The van der Waals surface area contributed by atoms with E-state index in [1.54, 1.807) is 34.6 Å². The summed E-state index contributed by atoms with van der Waals surface area (Å²) in [4.78, 5) is 0. The zero-order valence-corrected chi connectivity index (χ0v) is 37.8. The van der Waals surface area contributed by atoms with Gasteiger partial charge in [-0.2, -0.15) is 36.4 Å². The minimum atomic E-state index is -5.17. The molecule has 9 N–H and O–H groups in total. The van der Waals surface area contributed by atoms with Crippen LogP contribution in [0.3, 0.4) is 0 Å². The van der Waals surface area contributed by atoms with Gasteiger partial charge in [0.05, 0.1) is 49.0 Å². The largest absolute Gasteiger partial charge is 0.413 e. The number of nitrogens with one attached hydrogen (secondary N) is 2. The van der Waals surface area contributed by atoms with Crippen LogP contribution in [0.2, 0.25) is 0 Å². The summed E-state index contributed by atoms with van der Waals surface area (Å²) in [5, 5.41) is 55.9. The van der Waals surface area contributed by atoms with Crippen LogP contribution in [0, 0.1) is 11.8 Å². The molecule has 0 amide bonds. The van der Waals surface area contributed by atoms with Crippen LogP contribution < -0.4 is 11.0 Å². The van der Waals surface area contributed by atoms with Crippen LogP contribution in [0.1, 0.15) is 74.1 Å². The summed E-state index contributed by atoms with van der Waals surface area (Å²) in [6, 6.07) is -3.26. The Morgan fingerprint density at radius 3 is 1.47 bits per heavy atom. The molecule has 20 atom stereocenters. The predicted octanol–water partition coefficient (Wildman–Crippen LogP) is -2.41. The summed E-state index contributed by atoms with van der Waals surface area (Å²) >= 11 is 0. The molecule has 0 aromatic heterocycles. The number of ether oxygens (including phenoxy) is 8. The fourth-order valence-electron chi connectivity index (χ4n) is 7.79. The lowest BCUT2D eigenvalue weighted by Gasteiger charge is -2.50. The highest BCUT2D eigenvalue weighted by atomic mass is 32.3. The van der Waals surface area contributed by atoms with Gasteiger partial charge in [-0.15, -0.1) is 0 Å². The smallest absolute Gasteiger partial charge is 0.390 e. The van der Waals surface area contributed by atoms with Gasteiger partial charge in [-0.3, -0.25) is 9.11 Å². The summed E-state index contributed by atoms with van der Waals surface area (Å²) in [5.41, 5.74) is 3.96. The topological polar surface area (TPSA) is 360 Å². The lowest BCUT2D eigenvalue weighted by Crippen LogP contribution is -2.67. The molecule has 0 aliphatic carbocycles. The van der Waals surface area contributed by atoms with Gasteiger partial charge in [0.15, 0.2) is 25.2 Å². The van der Waals surface area contributed by atoms with Gasteiger partial charge in [-0.05, 0) is 39.5 Å². The molecule has 0 aromatic carbocycles. The van der Waals surface area contributed by atoms with E-state index in [1.165, 1.54) is 13.8 Å². The average molecular weight is 965 g/mol. The van der Waals surface area contributed by atoms with E-state index in [-0.39, 0.29) is 37.4 Å². The van der Waals surface area contributed by atoms with Gasteiger partial charge in [-0.1, -0.05) is 34.6 Å². The Balaban J connectivity index is 1.47. The summed E-state index contributed by atoms with van der Waals surface area (Å²) in [6.07, 6.45) is -20.0. The number of aliphatic hydroxyl groups excluding tert-OH is 5. The van der Waals surface area contributed by atoms with Crippen molar-refractivity contribution in [3.8, 4) is 0 Å². The highest BCUT2D eigenvalue weighted by molar-refractivity contribution is 7.91. The predicted molar refractivity (Wildman–Crippen MR) is 208 cm³/mol. The Morgan fingerprint density at radius 2 is 0.984 bits per heavy atom. The molecule has 62 heavy (non-hydrogen) atoms. The average Bonchev–Trinajstić information content (AvgIpc) is 3.18. The van der Waals surface area contributed by atoms with Crippen LogP contribution in [0.15, 0.2) is 0 Å². The summed E-state index contributed by atoms with van der Waals surface area (Å²) in [7, 11) is -13.5. The Morgan fingerprint density at radius 1 is 0.532 bits per heavy atom. The van der Waals surface area contributed by atoms with Crippen molar-refractivity contribution in [3.63, 3.8) is 0 Å². The number of rotatable bonds is 21. The van der Waals surface area contributed by atoms with Crippen LogP contribution in [0.4, 0.5) is 0 Å². The Labute approximate surface area is 361 Å². The Hall–Kier alpha value is -0.910. The molecule has 4 rings (SSSR count). The molecule has 0 saturated carbocycles. The molecular weight excluding hydrogens is 901 g/mol. The van der Waals surface area contributed by atoms with E-state index >= 15 is 0 Å². The second-order valence-corrected chi connectivity index (χ2v) is 20.3. The molecule has 25 nitrogen and oxygen atoms in total. The summed E-state index contributed by atoms with van der Waals surface area (Å²) in [6.45, 7) is 11.3. The van der Waals surface area contributed by atoms with Crippen molar-refractivity contribution in [2.24, 2.45) is 11.8 Å². The first-order valence-corrected chi connectivity index (χ1v) is 25.0. The molecule has 0 radical (unpaired) electrons. The number of hydroxylamine groups is 2. The minimum absolute atomic E-state index is 0.0305. The monoisotopic (exact) mass is 964 g/mol. The number of hydrogen-bond donors (Lipinski definition) is 9. The third-order valence-electron chi connectivity index (χ3n) is 11.3. The van der Waals surface area contributed by atoms with E-state index in [1.807, 2.05) is 11.0 Å². The zero-order valence-electron chi connectivity index (χ0n) is 35.4. The van der Waals surface area contributed by atoms with E-state index < -0.39 is 153 Å². The van der Waals surface area contributed by atoms with Gasteiger partial charge in [0.25, 0.3) is 0 Å². The second-order valence-electron chi connectivity index (χ2n) is 16.0. The first-order chi connectivity index (χ1) is 28.8. The standard InChI is InChI=1S/C34H64N2O23S3/c1-8-13-60(42,43)14-11-12-50-31-15(4)23(37)28(17(6)51-31)56-34-22(36-59-62(47,48)49)27(41)30(20(10-3)54-34)57-32-16(5)24(38)29(18(7)52-32)55-33-21(35-58-61(44,45)46)26(40)25(39)19(9-2)53-33/h15-41H,8-14H2,1-7H3,(H,44,45,46)(H,47,48,49)/t15?,16?,17?,18?,19?,20?,21?,22?,23-,24-,25+,26+,27+,28+,29+,30+,31+,32-,33+,34+/m0/s1. The van der Waals surface area contributed by atoms with Crippen molar-refractivity contribution >= 4 is 30.6 Å². The normalized spacial score (nSPS) is 42.5. The first kappa shape index (κ1) is 53.7. The molecule has 4 saturated heterocycles. The molecule has 8 unspecified atom stereocenters. The van der Waals surface area contributed by atoms with Gasteiger partial charge in [0, 0.05) is 17.6 Å². The van der Waals surface area contributed by atoms with Crippen molar-refractivity contribution in [1.82, 2.24) is 11.0 Å². The van der Waals surface area contributed by atoms with Crippen LogP contribution in [0.25, 0.3) is 0 Å². The molecule has 4 aliphatic rings. The Bertz CT molecular complexity index is 1730. The molecule has 366 valence electrons. The molecule has 4 heterocycles. The lowest BCUT2D eigenvalue weighted by atomic mass is 9.90. The molecule has 4 fully saturated rings. The fourth-order valence-corrected chi connectivity index (χ4v) is 9.64. The third kappa shape index (κ3) is 14.1. The van der Waals surface area contributed by atoms with Gasteiger partial charge >= 0.3 is 20.8 Å². The van der Waals surface area contributed by atoms with E-state index in [9.17, 15) is 55.3 Å². The van der Waals surface area contributed by atoms with Gasteiger partial charge < -0.3 is 63.4 Å². The summed E-state index contributed by atoms with van der Waals surface area (Å²) in [5.74, 6) is -1.74. The molecular formula is C34H64N2O23S3. The molecule has 0 aromatic rings. The van der Waals surface area contributed by atoms with E-state index in [4.69, 9.17) is 42.4 Å². The van der Waals surface area contributed by atoms with Gasteiger partial charge in [-0.25, -0.2) is 8.42 Å². The molecule has 28 heteroatoms. The number of sulfone groups is 1. The van der Waals surface area contributed by atoms with Crippen LogP contribution in [-0.2, 0) is 77.1 Å². The zero-order chi connectivity index (χ0) is 46.5. The van der Waals surface area contributed by atoms with Crippen molar-refractivity contribution in [3.05, 3.63) is 0 Å². The quantitative estimate of drug-likeness (QED) is 0.0329. The highest BCUT2D eigenvalue weighted by Crippen LogP contribution is 2.37. The van der Waals surface area contributed by atoms with Crippen molar-refractivity contribution < 1.29 is 106 Å². The number of aliphatic hydroxyl groups is 5. The molecule has 4 aliphatic heterocycles. The lowest BCUT2D eigenvalue weighted by molar-refractivity contribution is -0.367. The van der Waals surface area contributed by atoms with Gasteiger partial charge in [0.1, 0.15) is 58.5 Å². The highest BCUT2D eigenvalue weighted by Gasteiger charge is 2.54. The first-order valence-electron chi connectivity index (χ1n) is 20.5. The second kappa shape index (κ2) is 22.7. The van der Waals surface area contributed by atoms with Crippen LogP contribution >= 0.6 is 0 Å². The van der Waals surface area contributed by atoms with E-state index in [2.05, 4.69) is 8.57 Å². The van der Waals surface area contributed by atoms with E-state index in [0.717, 1.165) is 0 Å². The maximum atomic E-state index is 12.1. The van der Waals surface area contributed by atoms with Crippen molar-refractivity contribution in [2.45, 2.75) is 185 Å². The fraction of sp³-hybridized carbons (Fsp3) is 1.00. The molecule has 0 spiro atoms. The van der Waals surface area contributed by atoms with Crippen molar-refractivity contribution in [1.29, 1.82) is 0 Å². The maximum Gasteiger partial charge on any atom is 0.413 e. The Kier molecular flexibility index (Phi) is 19.7. The van der Waals surface area contributed by atoms with Crippen molar-refractivity contribution in [2.75, 3.05) is 18.1 Å². The van der Waals surface area contributed by atoms with Gasteiger partial charge in [0.2, 0.25) is 0 Å². The molecule has 0 bridgehead atoms. The maximum absolute atomic E-state index is 12.1. The number of hydrogen-bond acceptors (Lipinski definition) is 23. The SMILES string of the molecule is CCCS(=O)(=O)CCCO[C@@H]1OC(C)[C@@H](O[C@H]2OC(CC)[C@@H](O[C@@H]3OC(C)[C@@H](O[C@H]4OC(CC)[C@@H](O)[C@H](O)C4NOS(=O)(=O)O)[C@@H](O)C3C)[C@H](O)C2NOS(=O)(=O)O)[C@@H](O)C1C. The third-order valence-corrected chi connectivity index (χ3v) is 13.8. The van der Waals surface area contributed by atoms with E-state index in [0.29, 0.717) is 6.42 Å². The summed E-state index contributed by atoms with van der Waals surface area (Å²) < 4.78 is 145. The minimum Gasteiger partial charge on any atom is -0.390 e.